The number of hydrogen-bond acceptors (Lipinski definition) is 1. The summed E-state index contributed by atoms with van der Waals surface area (Å²) in [7, 11) is 0. The lowest BCUT2D eigenvalue weighted by molar-refractivity contribution is 0.180. The van der Waals surface area contributed by atoms with E-state index in [2.05, 4.69) is 18.2 Å². The summed E-state index contributed by atoms with van der Waals surface area (Å²) in [5.74, 6) is 0. The van der Waals surface area contributed by atoms with Gasteiger partial charge in [0.15, 0.2) is 0 Å². The zero-order chi connectivity index (χ0) is 9.80. The molecule has 1 aliphatic rings. The Bertz CT molecular complexity index is 313. The third-order valence-electron chi connectivity index (χ3n) is 2.77. The topological polar surface area (TPSA) is 20.2 Å². The van der Waals surface area contributed by atoms with Crippen LogP contribution in [0.5, 0.6) is 0 Å². The van der Waals surface area contributed by atoms with Crippen LogP contribution in [-0.2, 0) is 0 Å². The molecule has 1 fully saturated rings. The normalized spacial score (nSPS) is 25.2. The summed E-state index contributed by atoms with van der Waals surface area (Å²) >= 11 is 0. The van der Waals surface area contributed by atoms with Crippen LogP contribution in [0, 0.1) is 0 Å². The van der Waals surface area contributed by atoms with Crippen LogP contribution in [-0.4, -0.2) is 11.2 Å². The Labute approximate surface area is 85.1 Å². The van der Waals surface area contributed by atoms with Crippen LogP contribution in [0.3, 0.4) is 0 Å². The van der Waals surface area contributed by atoms with Crippen molar-refractivity contribution < 1.29 is 5.11 Å². The molecule has 0 saturated heterocycles. The minimum absolute atomic E-state index is 0.205. The van der Waals surface area contributed by atoms with Crippen molar-refractivity contribution in [2.75, 3.05) is 0 Å². The molecule has 0 aliphatic heterocycles. The van der Waals surface area contributed by atoms with Crippen molar-refractivity contribution in [1.29, 1.82) is 0 Å². The van der Waals surface area contributed by atoms with Gasteiger partial charge in [-0.1, -0.05) is 42.8 Å². The van der Waals surface area contributed by atoms with Gasteiger partial charge in [-0.3, -0.25) is 0 Å². The summed E-state index contributed by atoms with van der Waals surface area (Å²) in [6.07, 6.45) is 6.28. The average Bonchev–Trinajstić information content (AvgIpc) is 2.23. The van der Waals surface area contributed by atoms with E-state index in [4.69, 9.17) is 0 Å². The smallest absolute Gasteiger partial charge is 0.0753 e. The van der Waals surface area contributed by atoms with E-state index in [0.717, 1.165) is 19.3 Å². The van der Waals surface area contributed by atoms with Gasteiger partial charge in [-0.2, -0.15) is 0 Å². The van der Waals surface area contributed by atoms with Crippen LogP contribution in [0.15, 0.2) is 35.9 Å². The van der Waals surface area contributed by atoms with Gasteiger partial charge in [0.2, 0.25) is 0 Å². The average molecular weight is 188 g/mol. The molecular formula is C13H16O. The third-order valence-corrected chi connectivity index (χ3v) is 2.77. The van der Waals surface area contributed by atoms with Gasteiger partial charge < -0.3 is 5.11 Å². The number of hydrogen-bond donors (Lipinski definition) is 1. The molecule has 1 nitrogen and oxygen atoms in total. The van der Waals surface area contributed by atoms with Gasteiger partial charge in [0, 0.05) is 0 Å². The molecule has 1 atom stereocenters. The van der Waals surface area contributed by atoms with E-state index in [1.165, 1.54) is 17.6 Å². The molecule has 1 aliphatic carbocycles. The summed E-state index contributed by atoms with van der Waals surface area (Å²) in [4.78, 5) is 0. The van der Waals surface area contributed by atoms with Gasteiger partial charge >= 0.3 is 0 Å². The molecule has 1 aromatic rings. The fourth-order valence-electron chi connectivity index (χ4n) is 1.95. The molecule has 0 bridgehead atoms. The van der Waals surface area contributed by atoms with Crippen molar-refractivity contribution in [2.45, 2.75) is 31.8 Å². The Hall–Kier alpha value is -1.08. The first-order valence-electron chi connectivity index (χ1n) is 5.30. The lowest BCUT2D eigenvalue weighted by Gasteiger charge is -2.20. The summed E-state index contributed by atoms with van der Waals surface area (Å²) in [5, 5.41) is 9.76. The summed E-state index contributed by atoms with van der Waals surface area (Å²) in [6.45, 7) is 0. The van der Waals surface area contributed by atoms with Crippen LogP contribution in [0.2, 0.25) is 0 Å². The Morgan fingerprint density at radius 1 is 1.14 bits per heavy atom. The van der Waals surface area contributed by atoms with Gasteiger partial charge in [0.05, 0.1) is 6.10 Å². The quantitative estimate of drug-likeness (QED) is 0.718. The Morgan fingerprint density at radius 2 is 1.93 bits per heavy atom. The highest BCUT2D eigenvalue weighted by Crippen LogP contribution is 2.25. The lowest BCUT2D eigenvalue weighted by Crippen LogP contribution is -2.14. The molecule has 1 aromatic carbocycles. The monoisotopic (exact) mass is 188 g/mol. The highest BCUT2D eigenvalue weighted by atomic mass is 16.3. The largest absolute Gasteiger partial charge is 0.389 e. The van der Waals surface area contributed by atoms with Crippen LogP contribution < -0.4 is 0 Å². The fourth-order valence-corrected chi connectivity index (χ4v) is 1.95. The SMILES string of the molecule is O[C@H]1CCCCC1=Cc1ccccc1. The number of rotatable bonds is 1. The maximum absolute atomic E-state index is 9.76. The Kier molecular flexibility index (Phi) is 3.00. The molecule has 0 unspecified atom stereocenters. The molecule has 74 valence electrons. The van der Waals surface area contributed by atoms with E-state index in [0.29, 0.717) is 0 Å². The molecule has 14 heavy (non-hydrogen) atoms. The molecule has 0 radical (unpaired) electrons. The van der Waals surface area contributed by atoms with Gasteiger partial charge in [-0.25, -0.2) is 0 Å². The van der Waals surface area contributed by atoms with Gasteiger partial charge in [0.1, 0.15) is 0 Å². The minimum atomic E-state index is -0.205. The van der Waals surface area contributed by atoms with Crippen molar-refractivity contribution in [1.82, 2.24) is 0 Å². The highest BCUT2D eigenvalue weighted by Gasteiger charge is 2.15. The first-order valence-corrected chi connectivity index (χ1v) is 5.30. The predicted octanol–water partition coefficient (Wildman–Crippen LogP) is 3.00. The summed E-state index contributed by atoms with van der Waals surface area (Å²) in [5.41, 5.74) is 2.39. The van der Waals surface area contributed by atoms with Crippen LogP contribution in [0.1, 0.15) is 31.2 Å². The lowest BCUT2D eigenvalue weighted by atomic mass is 9.91. The van der Waals surface area contributed by atoms with E-state index in [-0.39, 0.29) is 6.10 Å². The molecule has 0 spiro atoms. The molecule has 1 N–H and O–H groups in total. The van der Waals surface area contributed by atoms with Crippen LogP contribution in [0.4, 0.5) is 0 Å². The number of aliphatic hydroxyl groups excluding tert-OH is 1. The van der Waals surface area contributed by atoms with E-state index < -0.39 is 0 Å². The number of benzene rings is 1. The van der Waals surface area contributed by atoms with Crippen molar-refractivity contribution in [3.8, 4) is 0 Å². The molecule has 0 aromatic heterocycles. The minimum Gasteiger partial charge on any atom is -0.389 e. The second-order valence-corrected chi connectivity index (χ2v) is 3.89. The fraction of sp³-hybridized carbons (Fsp3) is 0.385. The maximum atomic E-state index is 9.76. The molecule has 1 heteroatoms. The maximum Gasteiger partial charge on any atom is 0.0753 e. The molecule has 1 saturated carbocycles. The van der Waals surface area contributed by atoms with Crippen molar-refractivity contribution >= 4 is 6.08 Å². The molecular weight excluding hydrogens is 172 g/mol. The van der Waals surface area contributed by atoms with Gasteiger partial charge in [0.25, 0.3) is 0 Å². The molecule has 0 amide bonds. The summed E-state index contributed by atoms with van der Waals surface area (Å²) in [6, 6.07) is 10.2. The van der Waals surface area contributed by atoms with Crippen molar-refractivity contribution in [3.05, 3.63) is 41.5 Å². The molecule has 2 rings (SSSR count). The highest BCUT2D eigenvalue weighted by molar-refractivity contribution is 5.53. The molecule has 0 heterocycles. The van der Waals surface area contributed by atoms with Gasteiger partial charge in [-0.05, 0) is 30.4 Å². The predicted molar refractivity (Wildman–Crippen MR) is 58.9 cm³/mol. The van der Waals surface area contributed by atoms with Crippen LogP contribution in [0.25, 0.3) is 6.08 Å². The zero-order valence-corrected chi connectivity index (χ0v) is 8.32. The number of aliphatic hydroxyl groups is 1. The van der Waals surface area contributed by atoms with E-state index in [9.17, 15) is 5.11 Å². The Morgan fingerprint density at radius 3 is 2.64 bits per heavy atom. The van der Waals surface area contributed by atoms with Crippen LogP contribution >= 0.6 is 0 Å². The summed E-state index contributed by atoms with van der Waals surface area (Å²) < 4.78 is 0. The second kappa shape index (κ2) is 4.43. The zero-order valence-electron chi connectivity index (χ0n) is 8.32. The van der Waals surface area contributed by atoms with Crippen molar-refractivity contribution in [3.63, 3.8) is 0 Å². The van der Waals surface area contributed by atoms with Crippen molar-refractivity contribution in [2.24, 2.45) is 0 Å². The third kappa shape index (κ3) is 2.24. The van der Waals surface area contributed by atoms with E-state index >= 15 is 0 Å². The van der Waals surface area contributed by atoms with E-state index in [1.807, 2.05) is 18.2 Å². The van der Waals surface area contributed by atoms with Gasteiger partial charge in [-0.15, -0.1) is 0 Å². The second-order valence-electron chi connectivity index (χ2n) is 3.89. The first-order chi connectivity index (χ1) is 6.86. The standard InChI is InChI=1S/C13H16O/c14-13-9-5-4-8-12(13)10-11-6-2-1-3-7-11/h1-3,6-7,10,13-14H,4-5,8-9H2/t13-/m0/s1. The first kappa shape index (κ1) is 9.47. The Balaban J connectivity index is 2.17. The van der Waals surface area contributed by atoms with E-state index in [1.54, 1.807) is 0 Å².